The Bertz CT molecular complexity index is 408. The second-order valence-corrected chi connectivity index (χ2v) is 4.38. The lowest BCUT2D eigenvalue weighted by atomic mass is 9.77. The van der Waals surface area contributed by atoms with Crippen LogP contribution in [0.15, 0.2) is 0 Å². The maximum Gasteiger partial charge on any atom is 0.338 e. The summed E-state index contributed by atoms with van der Waals surface area (Å²) in [5.41, 5.74) is -3.11. The first-order chi connectivity index (χ1) is 7.91. The van der Waals surface area contributed by atoms with Crippen molar-refractivity contribution in [3.8, 4) is 0 Å². The number of amides is 1. The Kier molecular flexibility index (Phi) is 2.39. The summed E-state index contributed by atoms with van der Waals surface area (Å²) in [5.74, 6) is -2.65. The Morgan fingerprint density at radius 1 is 1.65 bits per heavy atom. The molecule has 2 rings (SSSR count). The SMILES string of the molecule is COC(=O)[C@]1(CO)NC(=O)[C@@H]2CC(=O)O[C@@]21C. The van der Waals surface area contributed by atoms with Crippen molar-refractivity contribution in [1.29, 1.82) is 0 Å². The Balaban J connectivity index is 2.51. The number of fused-ring (bicyclic) bond motifs is 1. The summed E-state index contributed by atoms with van der Waals surface area (Å²) in [7, 11) is 1.14. The quantitative estimate of drug-likeness (QED) is 0.563. The summed E-state index contributed by atoms with van der Waals surface area (Å²) in [6.45, 7) is 0.763. The highest BCUT2D eigenvalue weighted by Gasteiger charge is 2.71. The average Bonchev–Trinajstić information content (AvgIpc) is 2.70. The number of aliphatic hydroxyl groups excluding tert-OH is 1. The van der Waals surface area contributed by atoms with Crippen LogP contribution in [0.3, 0.4) is 0 Å². The van der Waals surface area contributed by atoms with Crippen molar-refractivity contribution in [3.05, 3.63) is 0 Å². The molecule has 0 radical (unpaired) electrons. The number of aliphatic hydroxyl groups is 1. The van der Waals surface area contributed by atoms with Crippen LogP contribution in [0, 0.1) is 5.92 Å². The van der Waals surface area contributed by atoms with Crippen LogP contribution in [0.25, 0.3) is 0 Å². The molecule has 7 heteroatoms. The van der Waals surface area contributed by atoms with Crippen LogP contribution in [0.2, 0.25) is 0 Å². The fourth-order valence-electron chi connectivity index (χ4n) is 2.55. The molecular weight excluding hydrogens is 230 g/mol. The summed E-state index contributed by atoms with van der Waals surface area (Å²) in [6.07, 6.45) is -0.0962. The molecule has 1 amide bonds. The van der Waals surface area contributed by atoms with Gasteiger partial charge in [-0.2, -0.15) is 0 Å². The maximum atomic E-state index is 11.8. The van der Waals surface area contributed by atoms with Gasteiger partial charge in [0.2, 0.25) is 11.4 Å². The molecule has 0 aromatic rings. The number of rotatable bonds is 2. The molecule has 2 heterocycles. The topological polar surface area (TPSA) is 102 Å². The minimum atomic E-state index is -1.71. The third kappa shape index (κ3) is 1.22. The van der Waals surface area contributed by atoms with Crippen molar-refractivity contribution in [1.82, 2.24) is 5.32 Å². The monoisotopic (exact) mass is 243 g/mol. The van der Waals surface area contributed by atoms with Gasteiger partial charge in [0.1, 0.15) is 0 Å². The summed E-state index contributed by atoms with van der Waals surface area (Å²) in [4.78, 5) is 34.8. The highest BCUT2D eigenvalue weighted by Crippen LogP contribution is 2.46. The largest absolute Gasteiger partial charge is 0.467 e. The van der Waals surface area contributed by atoms with E-state index in [-0.39, 0.29) is 6.42 Å². The van der Waals surface area contributed by atoms with Gasteiger partial charge in [-0.15, -0.1) is 0 Å². The first-order valence-electron chi connectivity index (χ1n) is 5.14. The number of hydrogen-bond acceptors (Lipinski definition) is 6. The molecule has 0 aromatic carbocycles. The van der Waals surface area contributed by atoms with Gasteiger partial charge in [-0.1, -0.05) is 0 Å². The Labute approximate surface area is 97.1 Å². The second-order valence-electron chi connectivity index (χ2n) is 4.38. The van der Waals surface area contributed by atoms with Crippen molar-refractivity contribution < 1.29 is 29.0 Å². The molecule has 2 N–H and O–H groups in total. The normalized spacial score (nSPS) is 39.6. The van der Waals surface area contributed by atoms with Gasteiger partial charge in [0.25, 0.3) is 0 Å². The Hall–Kier alpha value is -1.63. The Morgan fingerprint density at radius 3 is 2.82 bits per heavy atom. The molecule has 3 atom stereocenters. The number of ether oxygens (including phenoxy) is 2. The van der Waals surface area contributed by atoms with E-state index in [4.69, 9.17) is 4.74 Å². The molecule has 7 nitrogen and oxygen atoms in total. The van der Waals surface area contributed by atoms with Crippen LogP contribution in [-0.4, -0.2) is 47.8 Å². The summed E-state index contributed by atoms with van der Waals surface area (Å²) in [5, 5.41) is 11.8. The van der Waals surface area contributed by atoms with Crippen LogP contribution in [-0.2, 0) is 23.9 Å². The van der Waals surface area contributed by atoms with Crippen LogP contribution < -0.4 is 5.32 Å². The standard InChI is InChI=1S/C10H13NO6/c1-9-5(3-6(13)17-9)7(14)11-10(9,4-12)8(15)16-2/h5,12H,3-4H2,1-2H3,(H,11,14)/t5-,9-,10-/m0/s1. The zero-order valence-electron chi connectivity index (χ0n) is 9.48. The van der Waals surface area contributed by atoms with E-state index < -0.39 is 41.5 Å². The van der Waals surface area contributed by atoms with Gasteiger partial charge in [0, 0.05) is 0 Å². The van der Waals surface area contributed by atoms with Crippen molar-refractivity contribution in [2.75, 3.05) is 13.7 Å². The van der Waals surface area contributed by atoms with Crippen molar-refractivity contribution in [2.24, 2.45) is 5.92 Å². The lowest BCUT2D eigenvalue weighted by molar-refractivity contribution is -0.170. The molecule has 2 fully saturated rings. The third-order valence-electron chi connectivity index (χ3n) is 3.63. The lowest BCUT2D eigenvalue weighted by Crippen LogP contribution is -2.65. The van der Waals surface area contributed by atoms with Gasteiger partial charge in [-0.25, -0.2) is 4.79 Å². The number of carbonyl (C=O) groups excluding carboxylic acids is 3. The number of methoxy groups -OCH3 is 1. The van der Waals surface area contributed by atoms with Gasteiger partial charge in [0.15, 0.2) is 5.60 Å². The van der Waals surface area contributed by atoms with Gasteiger partial charge >= 0.3 is 11.9 Å². The molecule has 0 bridgehead atoms. The molecule has 0 saturated carbocycles. The van der Waals surface area contributed by atoms with Crippen LogP contribution in [0.4, 0.5) is 0 Å². The van der Waals surface area contributed by atoms with E-state index >= 15 is 0 Å². The molecule has 94 valence electrons. The minimum absolute atomic E-state index is 0.0962. The van der Waals surface area contributed by atoms with Crippen LogP contribution in [0.1, 0.15) is 13.3 Å². The molecule has 0 unspecified atom stereocenters. The fraction of sp³-hybridized carbons (Fsp3) is 0.700. The summed E-state index contributed by atoms with van der Waals surface area (Å²) >= 11 is 0. The second kappa shape index (κ2) is 3.43. The number of esters is 2. The molecule has 0 aliphatic carbocycles. The first-order valence-corrected chi connectivity index (χ1v) is 5.14. The van der Waals surface area contributed by atoms with Gasteiger partial charge in [-0.05, 0) is 6.92 Å². The van der Waals surface area contributed by atoms with E-state index in [0.717, 1.165) is 7.11 Å². The van der Waals surface area contributed by atoms with Gasteiger partial charge < -0.3 is 19.9 Å². The first kappa shape index (κ1) is 11.8. The van der Waals surface area contributed by atoms with Gasteiger partial charge in [0.05, 0.1) is 26.1 Å². The number of hydrogen-bond donors (Lipinski definition) is 2. The molecule has 0 aromatic heterocycles. The maximum absolute atomic E-state index is 11.8. The fourth-order valence-corrected chi connectivity index (χ4v) is 2.55. The van der Waals surface area contributed by atoms with E-state index in [2.05, 4.69) is 10.1 Å². The van der Waals surface area contributed by atoms with E-state index in [1.165, 1.54) is 6.92 Å². The zero-order valence-corrected chi connectivity index (χ0v) is 9.48. The third-order valence-corrected chi connectivity index (χ3v) is 3.63. The molecular formula is C10H13NO6. The number of nitrogens with one attached hydrogen (secondary N) is 1. The smallest absolute Gasteiger partial charge is 0.338 e. The highest BCUT2D eigenvalue weighted by molar-refractivity contribution is 5.99. The Morgan fingerprint density at radius 2 is 2.29 bits per heavy atom. The lowest BCUT2D eigenvalue weighted by Gasteiger charge is -2.36. The van der Waals surface area contributed by atoms with E-state index in [1.807, 2.05) is 0 Å². The average molecular weight is 243 g/mol. The van der Waals surface area contributed by atoms with Crippen molar-refractivity contribution in [3.63, 3.8) is 0 Å². The predicted molar refractivity (Wildman–Crippen MR) is 52.6 cm³/mol. The highest BCUT2D eigenvalue weighted by atomic mass is 16.6. The summed E-state index contributed by atoms with van der Waals surface area (Å²) in [6, 6.07) is 0. The predicted octanol–water partition coefficient (Wildman–Crippen LogP) is -1.66. The molecule has 17 heavy (non-hydrogen) atoms. The van der Waals surface area contributed by atoms with Crippen molar-refractivity contribution >= 4 is 17.8 Å². The van der Waals surface area contributed by atoms with Crippen molar-refractivity contribution in [2.45, 2.75) is 24.5 Å². The number of carbonyl (C=O) groups is 3. The van der Waals surface area contributed by atoms with Crippen LogP contribution >= 0.6 is 0 Å². The molecule has 2 saturated heterocycles. The van der Waals surface area contributed by atoms with Crippen LogP contribution in [0.5, 0.6) is 0 Å². The van der Waals surface area contributed by atoms with E-state index in [0.29, 0.717) is 0 Å². The molecule has 2 aliphatic rings. The van der Waals surface area contributed by atoms with E-state index in [1.54, 1.807) is 0 Å². The van der Waals surface area contributed by atoms with E-state index in [9.17, 15) is 19.5 Å². The molecule has 0 spiro atoms. The molecule has 2 aliphatic heterocycles. The minimum Gasteiger partial charge on any atom is -0.467 e. The zero-order chi connectivity index (χ0) is 12.8. The van der Waals surface area contributed by atoms with Gasteiger partial charge in [-0.3, -0.25) is 9.59 Å². The summed E-state index contributed by atoms with van der Waals surface area (Å²) < 4.78 is 9.67.